The van der Waals surface area contributed by atoms with Crippen molar-refractivity contribution in [3.63, 3.8) is 0 Å². The zero-order chi connectivity index (χ0) is 23.4. The highest BCUT2D eigenvalue weighted by Gasteiger charge is 2.21. The molecule has 0 fully saturated rings. The molecule has 0 saturated carbocycles. The van der Waals surface area contributed by atoms with E-state index >= 15 is 0 Å². The maximum Gasteiger partial charge on any atom is 0.137 e. The minimum atomic E-state index is -0.615. The van der Waals surface area contributed by atoms with E-state index < -0.39 is 12.2 Å². The highest BCUT2D eigenvalue weighted by molar-refractivity contribution is 5.31. The largest absolute Gasteiger partial charge is 0.497 e. The number of methoxy groups -OCH3 is 2. The lowest BCUT2D eigenvalue weighted by Crippen LogP contribution is -2.50. The van der Waals surface area contributed by atoms with E-state index in [0.29, 0.717) is 35.6 Å². The maximum absolute atomic E-state index is 10.4. The predicted molar refractivity (Wildman–Crippen MR) is 124 cm³/mol. The number of rotatable bonds is 15. The molecule has 2 aromatic carbocycles. The van der Waals surface area contributed by atoms with Crippen LogP contribution in [-0.2, 0) is 0 Å². The first kappa shape index (κ1) is 25.7. The van der Waals surface area contributed by atoms with E-state index in [0.717, 1.165) is 18.0 Å². The van der Waals surface area contributed by atoms with Crippen LogP contribution < -0.4 is 24.3 Å². The number of benzene rings is 2. The lowest BCUT2D eigenvalue weighted by molar-refractivity contribution is -0.892. The van der Waals surface area contributed by atoms with Crippen molar-refractivity contribution in [2.75, 3.05) is 67.7 Å². The predicted octanol–water partition coefficient (Wildman–Crippen LogP) is 1.55. The maximum atomic E-state index is 10.4. The van der Waals surface area contributed by atoms with Crippen LogP contribution in [0.15, 0.2) is 48.5 Å². The molecule has 32 heavy (non-hydrogen) atoms. The number of likely N-dealkylation sites (N-methyl/N-ethyl adjacent to an activating group) is 1. The molecule has 2 aromatic rings. The number of hydrogen-bond acceptors (Lipinski definition) is 7. The second-order valence-corrected chi connectivity index (χ2v) is 8.33. The monoisotopic (exact) mass is 449 g/mol. The number of aliphatic hydroxyl groups excluding tert-OH is 2. The van der Waals surface area contributed by atoms with Gasteiger partial charge in [0, 0.05) is 13.1 Å². The molecule has 3 N–H and O–H groups in total. The Morgan fingerprint density at radius 3 is 1.66 bits per heavy atom. The van der Waals surface area contributed by atoms with Crippen molar-refractivity contribution in [3.8, 4) is 23.0 Å². The fraction of sp³-hybridized carbons (Fsp3) is 0.500. The summed E-state index contributed by atoms with van der Waals surface area (Å²) in [5.41, 5.74) is 0. The molecule has 2 rings (SSSR count). The van der Waals surface area contributed by atoms with Crippen LogP contribution in [0.3, 0.4) is 0 Å². The van der Waals surface area contributed by atoms with Crippen LogP contribution in [0.25, 0.3) is 0 Å². The molecule has 0 aliphatic carbocycles. The molecule has 2 unspecified atom stereocenters. The Kier molecular flexibility index (Phi) is 10.6. The highest BCUT2D eigenvalue weighted by atomic mass is 16.5. The van der Waals surface area contributed by atoms with Gasteiger partial charge in [-0.3, -0.25) is 0 Å². The SMILES string of the molecule is COc1ccc(OCC(O)CNCC[N+](C)(C)CC(O)COc2ccc(OC)cc2)cc1. The van der Waals surface area contributed by atoms with Crippen molar-refractivity contribution >= 4 is 0 Å². The third kappa shape index (κ3) is 9.74. The van der Waals surface area contributed by atoms with Crippen molar-refractivity contribution in [2.24, 2.45) is 0 Å². The van der Waals surface area contributed by atoms with Gasteiger partial charge in [-0.2, -0.15) is 0 Å². The summed E-state index contributed by atoms with van der Waals surface area (Å²) >= 11 is 0. The summed E-state index contributed by atoms with van der Waals surface area (Å²) in [5.74, 6) is 2.91. The van der Waals surface area contributed by atoms with E-state index in [2.05, 4.69) is 19.4 Å². The molecule has 178 valence electrons. The van der Waals surface area contributed by atoms with E-state index in [-0.39, 0.29) is 13.2 Å². The minimum absolute atomic E-state index is 0.207. The van der Waals surface area contributed by atoms with Gasteiger partial charge in [-0.15, -0.1) is 0 Å². The van der Waals surface area contributed by atoms with E-state index in [9.17, 15) is 10.2 Å². The lowest BCUT2D eigenvalue weighted by Gasteiger charge is -2.32. The Morgan fingerprint density at radius 1 is 0.750 bits per heavy atom. The first-order valence-corrected chi connectivity index (χ1v) is 10.7. The van der Waals surface area contributed by atoms with Gasteiger partial charge < -0.3 is 39.0 Å². The van der Waals surface area contributed by atoms with E-state index in [1.165, 1.54) is 0 Å². The third-order valence-corrected chi connectivity index (χ3v) is 4.98. The smallest absolute Gasteiger partial charge is 0.137 e. The molecule has 0 aliphatic heterocycles. The van der Waals surface area contributed by atoms with Crippen LogP contribution in [0, 0.1) is 0 Å². The van der Waals surface area contributed by atoms with Crippen LogP contribution >= 0.6 is 0 Å². The van der Waals surface area contributed by atoms with E-state index in [4.69, 9.17) is 18.9 Å². The molecule has 0 aliphatic rings. The van der Waals surface area contributed by atoms with Gasteiger partial charge in [-0.05, 0) is 48.5 Å². The zero-order valence-corrected chi connectivity index (χ0v) is 19.5. The topological polar surface area (TPSA) is 89.4 Å². The van der Waals surface area contributed by atoms with Crippen molar-refractivity contribution < 1.29 is 33.6 Å². The van der Waals surface area contributed by atoms with Crippen LogP contribution in [-0.4, -0.2) is 94.6 Å². The first-order chi connectivity index (χ1) is 15.3. The van der Waals surface area contributed by atoms with Gasteiger partial charge in [0.05, 0.1) is 34.9 Å². The zero-order valence-electron chi connectivity index (χ0n) is 19.5. The average Bonchev–Trinajstić information content (AvgIpc) is 2.79. The van der Waals surface area contributed by atoms with Crippen molar-refractivity contribution in [1.29, 1.82) is 0 Å². The van der Waals surface area contributed by atoms with Crippen LogP contribution in [0.4, 0.5) is 0 Å². The molecule has 0 aromatic heterocycles. The second-order valence-electron chi connectivity index (χ2n) is 8.33. The molecule has 0 saturated heterocycles. The Labute approximate surface area is 190 Å². The van der Waals surface area contributed by atoms with Crippen LogP contribution in [0.2, 0.25) is 0 Å². The Balaban J connectivity index is 1.59. The summed E-state index contributed by atoms with van der Waals surface area (Å²) in [5, 5.41) is 23.7. The molecule has 0 heterocycles. The number of ether oxygens (including phenoxy) is 4. The van der Waals surface area contributed by atoms with E-state index in [1.54, 1.807) is 14.2 Å². The third-order valence-electron chi connectivity index (χ3n) is 4.98. The second kappa shape index (κ2) is 13.1. The molecule has 8 nitrogen and oxygen atoms in total. The van der Waals surface area contributed by atoms with Crippen LogP contribution in [0.1, 0.15) is 0 Å². The molecule has 0 bridgehead atoms. The van der Waals surface area contributed by atoms with Gasteiger partial charge in [0.2, 0.25) is 0 Å². The number of nitrogens with one attached hydrogen (secondary N) is 1. The summed E-state index contributed by atoms with van der Waals surface area (Å²) in [4.78, 5) is 0. The Hall–Kier alpha value is -2.52. The molecular weight excluding hydrogens is 412 g/mol. The molecular formula is C24H37N2O6+. The van der Waals surface area contributed by atoms with Gasteiger partial charge >= 0.3 is 0 Å². The Bertz CT molecular complexity index is 767. The molecule has 2 atom stereocenters. The summed E-state index contributed by atoms with van der Waals surface area (Å²) in [6.45, 7) is 2.92. The summed E-state index contributed by atoms with van der Waals surface area (Å²) in [7, 11) is 7.34. The average molecular weight is 450 g/mol. The number of hydrogen-bond donors (Lipinski definition) is 3. The van der Waals surface area contributed by atoms with Crippen LogP contribution in [0.5, 0.6) is 23.0 Å². The van der Waals surface area contributed by atoms with Gasteiger partial charge in [0.25, 0.3) is 0 Å². The van der Waals surface area contributed by atoms with E-state index in [1.807, 2.05) is 48.5 Å². The summed E-state index contributed by atoms with van der Waals surface area (Å²) in [6.07, 6.45) is -1.20. The standard InChI is InChI=1S/C24H37N2O6/c1-26(2,16-20(28)18-32-24-11-7-22(30-4)8-12-24)14-13-25-15-19(27)17-31-23-9-5-21(29-3)6-10-23/h5-12,19-20,25,27-28H,13-18H2,1-4H3/q+1. The highest BCUT2D eigenvalue weighted by Crippen LogP contribution is 2.18. The normalized spacial score (nSPS) is 13.3. The summed E-state index contributed by atoms with van der Waals surface area (Å²) in [6, 6.07) is 14.5. The number of quaternary nitrogens is 1. The van der Waals surface area contributed by atoms with Gasteiger partial charge in [0.1, 0.15) is 55.0 Å². The van der Waals surface area contributed by atoms with Crippen molar-refractivity contribution in [3.05, 3.63) is 48.5 Å². The minimum Gasteiger partial charge on any atom is -0.497 e. The molecule has 0 amide bonds. The van der Waals surface area contributed by atoms with Crippen molar-refractivity contribution in [2.45, 2.75) is 12.2 Å². The molecule has 8 heteroatoms. The quantitative estimate of drug-likeness (QED) is 0.281. The fourth-order valence-corrected chi connectivity index (χ4v) is 3.15. The molecule has 0 spiro atoms. The fourth-order valence-electron chi connectivity index (χ4n) is 3.15. The van der Waals surface area contributed by atoms with Gasteiger partial charge in [-0.25, -0.2) is 0 Å². The van der Waals surface area contributed by atoms with Crippen molar-refractivity contribution in [1.82, 2.24) is 5.32 Å². The summed E-state index contributed by atoms with van der Waals surface area (Å²) < 4.78 is 22.1. The number of aliphatic hydroxyl groups is 2. The lowest BCUT2D eigenvalue weighted by atomic mass is 10.3. The first-order valence-electron chi connectivity index (χ1n) is 10.7. The molecule has 0 radical (unpaired) electrons. The van der Waals surface area contributed by atoms with Gasteiger partial charge in [0.15, 0.2) is 0 Å². The Morgan fingerprint density at radius 2 is 1.19 bits per heavy atom. The number of nitrogens with zero attached hydrogens (tertiary/aromatic N) is 1. The van der Waals surface area contributed by atoms with Gasteiger partial charge in [-0.1, -0.05) is 0 Å².